The molecule has 1 heterocycles. The fourth-order valence-electron chi connectivity index (χ4n) is 2.99. The van der Waals surface area contributed by atoms with Crippen molar-refractivity contribution in [1.82, 2.24) is 4.90 Å². The van der Waals surface area contributed by atoms with E-state index in [2.05, 4.69) is 4.74 Å². The molecule has 0 radical (unpaired) electrons. The maximum atomic E-state index is 13.4. The van der Waals surface area contributed by atoms with Gasteiger partial charge in [-0.3, -0.25) is 14.5 Å². The molecule has 0 aliphatic carbocycles. The van der Waals surface area contributed by atoms with Crippen LogP contribution in [0.5, 0.6) is 11.5 Å². The van der Waals surface area contributed by atoms with Crippen LogP contribution in [0.2, 0.25) is 5.02 Å². The summed E-state index contributed by atoms with van der Waals surface area (Å²) >= 11 is 7.07. The molecule has 3 rings (SSSR count). The van der Waals surface area contributed by atoms with Gasteiger partial charge in [0.15, 0.2) is 11.5 Å². The molecular formula is C22H19ClFNO6S. The minimum absolute atomic E-state index is 0.0670. The predicted molar refractivity (Wildman–Crippen MR) is 118 cm³/mol. The quantitative estimate of drug-likeness (QED) is 0.421. The lowest BCUT2D eigenvalue weighted by molar-refractivity contribution is -0.148. The van der Waals surface area contributed by atoms with E-state index in [1.54, 1.807) is 24.3 Å². The van der Waals surface area contributed by atoms with Crippen LogP contribution in [0.3, 0.4) is 0 Å². The van der Waals surface area contributed by atoms with Gasteiger partial charge >= 0.3 is 5.97 Å². The van der Waals surface area contributed by atoms with E-state index >= 15 is 0 Å². The van der Waals surface area contributed by atoms with Crippen LogP contribution in [0.1, 0.15) is 18.1 Å². The number of benzene rings is 2. The van der Waals surface area contributed by atoms with E-state index in [0.717, 1.165) is 4.90 Å². The van der Waals surface area contributed by atoms with Crippen LogP contribution < -0.4 is 9.47 Å². The molecule has 10 heteroatoms. The van der Waals surface area contributed by atoms with Gasteiger partial charge in [0.05, 0.1) is 24.1 Å². The molecule has 2 amide bonds. The molecule has 1 saturated heterocycles. The van der Waals surface area contributed by atoms with E-state index in [-0.39, 0.29) is 28.1 Å². The monoisotopic (exact) mass is 479 g/mol. The molecule has 32 heavy (non-hydrogen) atoms. The maximum Gasteiger partial charge on any atom is 0.328 e. The fraction of sp³-hybridized carbons (Fsp3) is 0.227. The molecule has 0 aromatic heterocycles. The number of imide groups is 1. The number of halogens is 2. The summed E-state index contributed by atoms with van der Waals surface area (Å²) in [5.74, 6) is -1.14. The van der Waals surface area contributed by atoms with Crippen LogP contribution in [-0.2, 0) is 20.9 Å². The van der Waals surface area contributed by atoms with Crippen LogP contribution in [0, 0.1) is 5.82 Å². The van der Waals surface area contributed by atoms with Crippen LogP contribution in [-0.4, -0.2) is 42.3 Å². The summed E-state index contributed by atoms with van der Waals surface area (Å²) in [7, 11) is 2.61. The number of methoxy groups -OCH3 is 2. The number of hydrogen-bond donors (Lipinski definition) is 0. The van der Waals surface area contributed by atoms with Crippen LogP contribution >= 0.6 is 23.4 Å². The molecule has 168 valence electrons. The van der Waals surface area contributed by atoms with E-state index in [1.165, 1.54) is 39.4 Å². The first-order valence-electron chi connectivity index (χ1n) is 9.34. The second kappa shape index (κ2) is 10.1. The number of esters is 1. The lowest BCUT2D eigenvalue weighted by Gasteiger charge is -2.18. The van der Waals surface area contributed by atoms with Crippen molar-refractivity contribution in [2.45, 2.75) is 19.6 Å². The van der Waals surface area contributed by atoms with Crippen molar-refractivity contribution in [2.24, 2.45) is 0 Å². The van der Waals surface area contributed by atoms with Crippen molar-refractivity contribution in [3.8, 4) is 11.5 Å². The molecule has 0 bridgehead atoms. The molecule has 2 aromatic rings. The zero-order valence-electron chi connectivity index (χ0n) is 17.4. The minimum Gasteiger partial charge on any atom is -0.493 e. The summed E-state index contributed by atoms with van der Waals surface area (Å²) in [5, 5.41) is -0.374. The van der Waals surface area contributed by atoms with Gasteiger partial charge in [0.1, 0.15) is 18.5 Å². The number of carbonyl (C=O) groups is 3. The third-order valence-electron chi connectivity index (χ3n) is 4.57. The lowest BCUT2D eigenvalue weighted by atomic mass is 10.1. The summed E-state index contributed by atoms with van der Waals surface area (Å²) < 4.78 is 29.1. The number of nitrogens with zero attached hydrogens (tertiary/aromatic N) is 1. The van der Waals surface area contributed by atoms with E-state index in [0.29, 0.717) is 28.6 Å². The van der Waals surface area contributed by atoms with Crippen molar-refractivity contribution < 1.29 is 33.0 Å². The number of ether oxygens (including phenoxy) is 3. The Hall–Kier alpha value is -3.04. The second-order valence-electron chi connectivity index (χ2n) is 6.70. The summed E-state index contributed by atoms with van der Waals surface area (Å²) in [4.78, 5) is 37.6. The van der Waals surface area contributed by atoms with Crippen LogP contribution in [0.4, 0.5) is 9.18 Å². The van der Waals surface area contributed by atoms with Gasteiger partial charge in [0.2, 0.25) is 0 Å². The van der Waals surface area contributed by atoms with Gasteiger partial charge in [-0.2, -0.15) is 0 Å². The summed E-state index contributed by atoms with van der Waals surface area (Å²) in [5.41, 5.74) is 1.10. The van der Waals surface area contributed by atoms with Crippen LogP contribution in [0.15, 0.2) is 41.3 Å². The molecule has 0 spiro atoms. The standard InChI is InChI=1S/C22H19ClFNO6S/c1-12(21(27)30-3)25-20(26)18(32-22(25)28)10-14-8-16(23)19(17(9-14)29-2)31-11-13-5-4-6-15(24)7-13/h4-10,12H,11H2,1-3H3/b18-10+/t12-/m0/s1. The molecule has 0 saturated carbocycles. The first kappa shape index (κ1) is 23.6. The van der Waals surface area contributed by atoms with Crippen LogP contribution in [0.25, 0.3) is 6.08 Å². The lowest BCUT2D eigenvalue weighted by Crippen LogP contribution is -2.42. The van der Waals surface area contributed by atoms with Crippen molar-refractivity contribution in [3.63, 3.8) is 0 Å². The van der Waals surface area contributed by atoms with Gasteiger partial charge < -0.3 is 14.2 Å². The SMILES string of the molecule is COC(=O)[C@H](C)N1C(=O)S/C(=C/c2cc(Cl)c(OCc3cccc(F)c3)c(OC)c2)C1=O. The minimum atomic E-state index is -1.05. The Balaban J connectivity index is 1.84. The van der Waals surface area contributed by atoms with Gasteiger partial charge in [-0.25, -0.2) is 9.18 Å². The molecule has 2 aromatic carbocycles. The highest BCUT2D eigenvalue weighted by atomic mass is 35.5. The first-order chi connectivity index (χ1) is 15.2. The Morgan fingerprint density at radius 3 is 2.66 bits per heavy atom. The highest BCUT2D eigenvalue weighted by Crippen LogP contribution is 2.39. The average Bonchev–Trinajstić information content (AvgIpc) is 3.04. The normalized spacial score (nSPS) is 15.8. The van der Waals surface area contributed by atoms with Gasteiger partial charge in [-0.1, -0.05) is 23.7 Å². The topological polar surface area (TPSA) is 82.1 Å². The Labute approximate surface area is 193 Å². The third kappa shape index (κ3) is 5.05. The summed E-state index contributed by atoms with van der Waals surface area (Å²) in [6, 6.07) is 8.05. The van der Waals surface area contributed by atoms with Gasteiger partial charge in [-0.05, 0) is 60.2 Å². The van der Waals surface area contributed by atoms with E-state index in [9.17, 15) is 18.8 Å². The number of hydrogen-bond acceptors (Lipinski definition) is 7. The predicted octanol–water partition coefficient (Wildman–Crippen LogP) is 4.66. The first-order valence-corrected chi connectivity index (χ1v) is 10.5. The number of rotatable bonds is 7. The second-order valence-corrected chi connectivity index (χ2v) is 8.10. The fourth-order valence-corrected chi connectivity index (χ4v) is 4.17. The van der Waals surface area contributed by atoms with Crippen molar-refractivity contribution >= 4 is 46.6 Å². The number of thioether (sulfide) groups is 1. The van der Waals surface area contributed by atoms with Crippen molar-refractivity contribution in [2.75, 3.05) is 14.2 Å². The highest BCUT2D eigenvalue weighted by Gasteiger charge is 2.41. The Bertz CT molecular complexity index is 1110. The zero-order chi connectivity index (χ0) is 23.4. The highest BCUT2D eigenvalue weighted by molar-refractivity contribution is 8.18. The Morgan fingerprint density at radius 1 is 1.25 bits per heavy atom. The van der Waals surface area contributed by atoms with E-state index in [1.807, 2.05) is 0 Å². The smallest absolute Gasteiger partial charge is 0.328 e. The molecular weight excluding hydrogens is 461 g/mol. The third-order valence-corrected chi connectivity index (χ3v) is 5.74. The number of amides is 2. The van der Waals surface area contributed by atoms with Gasteiger partial charge in [-0.15, -0.1) is 0 Å². The number of carbonyl (C=O) groups excluding carboxylic acids is 3. The molecule has 1 aliphatic rings. The molecule has 0 N–H and O–H groups in total. The molecule has 1 fully saturated rings. The van der Waals surface area contributed by atoms with Gasteiger partial charge in [0, 0.05) is 0 Å². The van der Waals surface area contributed by atoms with Crippen molar-refractivity contribution in [1.29, 1.82) is 0 Å². The largest absolute Gasteiger partial charge is 0.493 e. The van der Waals surface area contributed by atoms with Gasteiger partial charge in [0.25, 0.3) is 11.1 Å². The van der Waals surface area contributed by atoms with E-state index in [4.69, 9.17) is 21.1 Å². The Kier molecular flexibility index (Phi) is 7.42. The van der Waals surface area contributed by atoms with Crippen molar-refractivity contribution in [3.05, 3.63) is 63.3 Å². The summed E-state index contributed by atoms with van der Waals surface area (Å²) in [6.07, 6.45) is 1.47. The maximum absolute atomic E-state index is 13.4. The average molecular weight is 480 g/mol. The Morgan fingerprint density at radius 2 is 2.00 bits per heavy atom. The molecule has 7 nitrogen and oxygen atoms in total. The summed E-state index contributed by atoms with van der Waals surface area (Å²) in [6.45, 7) is 1.48. The van der Waals surface area contributed by atoms with E-state index < -0.39 is 23.2 Å². The molecule has 0 unspecified atom stereocenters. The molecule has 1 atom stereocenters. The zero-order valence-corrected chi connectivity index (χ0v) is 19.0. The molecule has 1 aliphatic heterocycles.